The number of carbonyl (C=O) groups is 1. The summed E-state index contributed by atoms with van der Waals surface area (Å²) in [5.41, 5.74) is 1.14. The van der Waals surface area contributed by atoms with Crippen LogP contribution in [0.4, 0.5) is 0 Å². The molecule has 1 heterocycles. The van der Waals surface area contributed by atoms with Gasteiger partial charge >= 0.3 is 0 Å². The predicted molar refractivity (Wildman–Crippen MR) is 96.5 cm³/mol. The highest BCUT2D eigenvalue weighted by atomic mass is 32.2. The Hall–Kier alpha value is -2.18. The second-order valence-electron chi connectivity index (χ2n) is 6.11. The fourth-order valence-electron chi connectivity index (χ4n) is 3.11. The minimum atomic E-state index is -3.64. The number of amides is 1. The van der Waals surface area contributed by atoms with Crippen molar-refractivity contribution < 1.29 is 13.2 Å². The van der Waals surface area contributed by atoms with Crippen LogP contribution in [0.5, 0.6) is 0 Å². The van der Waals surface area contributed by atoms with Crippen LogP contribution in [0, 0.1) is 0 Å². The summed E-state index contributed by atoms with van der Waals surface area (Å²) < 4.78 is 26.9. The molecule has 1 atom stereocenters. The number of carbonyl (C=O) groups excluding carboxylic acids is 1. The summed E-state index contributed by atoms with van der Waals surface area (Å²) in [4.78, 5) is 12.7. The number of rotatable bonds is 6. The number of benzene rings is 2. The second-order valence-corrected chi connectivity index (χ2v) is 8.00. The summed E-state index contributed by atoms with van der Waals surface area (Å²) in [5, 5.41) is 2.88. The average Bonchev–Trinajstić information content (AvgIpc) is 3.14. The van der Waals surface area contributed by atoms with Gasteiger partial charge in [-0.25, -0.2) is 8.42 Å². The largest absolute Gasteiger partial charge is 0.354 e. The first-order chi connectivity index (χ1) is 12.1. The van der Waals surface area contributed by atoms with Crippen molar-refractivity contribution in [2.45, 2.75) is 30.2 Å². The van der Waals surface area contributed by atoms with E-state index in [9.17, 15) is 13.2 Å². The first kappa shape index (κ1) is 17.6. The molecule has 1 aliphatic rings. The van der Waals surface area contributed by atoms with Gasteiger partial charge in [0, 0.05) is 13.1 Å². The van der Waals surface area contributed by atoms with Crippen molar-refractivity contribution in [2.75, 3.05) is 13.1 Å². The minimum absolute atomic E-state index is 0.215. The van der Waals surface area contributed by atoms with Crippen molar-refractivity contribution in [3.05, 3.63) is 66.2 Å². The summed E-state index contributed by atoms with van der Waals surface area (Å²) in [7, 11) is -3.64. The highest BCUT2D eigenvalue weighted by Crippen LogP contribution is 2.26. The molecule has 1 fully saturated rings. The van der Waals surface area contributed by atoms with E-state index in [4.69, 9.17) is 0 Å². The topological polar surface area (TPSA) is 66.5 Å². The number of hydrogen-bond donors (Lipinski definition) is 1. The molecule has 2 aromatic rings. The molecule has 1 saturated heterocycles. The van der Waals surface area contributed by atoms with Crippen LogP contribution in [0.1, 0.15) is 18.4 Å². The molecule has 1 N–H and O–H groups in total. The Bertz CT molecular complexity index is 807. The minimum Gasteiger partial charge on any atom is -0.354 e. The zero-order chi connectivity index (χ0) is 17.7. The molecule has 5 nitrogen and oxygen atoms in total. The van der Waals surface area contributed by atoms with Crippen LogP contribution in [0.2, 0.25) is 0 Å². The van der Waals surface area contributed by atoms with Gasteiger partial charge < -0.3 is 5.32 Å². The fraction of sp³-hybridized carbons (Fsp3) is 0.316. The van der Waals surface area contributed by atoms with E-state index in [2.05, 4.69) is 5.32 Å². The molecule has 132 valence electrons. The van der Waals surface area contributed by atoms with Gasteiger partial charge in [-0.05, 0) is 37.0 Å². The molecule has 0 bridgehead atoms. The smallest absolute Gasteiger partial charge is 0.243 e. The first-order valence-corrected chi connectivity index (χ1v) is 9.91. The van der Waals surface area contributed by atoms with E-state index in [1.807, 2.05) is 30.3 Å². The van der Waals surface area contributed by atoms with Crippen molar-refractivity contribution in [1.29, 1.82) is 0 Å². The highest BCUT2D eigenvalue weighted by molar-refractivity contribution is 7.89. The molecule has 0 saturated carbocycles. The van der Waals surface area contributed by atoms with Gasteiger partial charge in [0.2, 0.25) is 15.9 Å². The van der Waals surface area contributed by atoms with Gasteiger partial charge in [-0.15, -0.1) is 0 Å². The maximum atomic E-state index is 12.8. The van der Waals surface area contributed by atoms with E-state index in [0.29, 0.717) is 25.9 Å². The van der Waals surface area contributed by atoms with Crippen molar-refractivity contribution in [3.63, 3.8) is 0 Å². The summed E-state index contributed by atoms with van der Waals surface area (Å²) in [5.74, 6) is -0.215. The zero-order valence-corrected chi connectivity index (χ0v) is 14.8. The van der Waals surface area contributed by atoms with Gasteiger partial charge in [-0.1, -0.05) is 48.5 Å². The number of hydrogen-bond acceptors (Lipinski definition) is 3. The SMILES string of the molecule is O=C(NCCc1ccccc1)[C@@H]1CCCN1S(=O)(=O)c1ccccc1. The zero-order valence-electron chi connectivity index (χ0n) is 14.0. The number of sulfonamides is 1. The lowest BCUT2D eigenvalue weighted by Gasteiger charge is -2.23. The Labute approximate surface area is 148 Å². The number of nitrogens with one attached hydrogen (secondary N) is 1. The lowest BCUT2D eigenvalue weighted by molar-refractivity contribution is -0.124. The highest BCUT2D eigenvalue weighted by Gasteiger charge is 2.39. The Morgan fingerprint density at radius 3 is 2.36 bits per heavy atom. The molecule has 1 amide bonds. The van der Waals surface area contributed by atoms with Crippen LogP contribution in [-0.4, -0.2) is 37.8 Å². The van der Waals surface area contributed by atoms with E-state index in [1.165, 1.54) is 4.31 Å². The van der Waals surface area contributed by atoms with Crippen molar-refractivity contribution in [2.24, 2.45) is 0 Å². The van der Waals surface area contributed by atoms with Crippen LogP contribution >= 0.6 is 0 Å². The third-order valence-corrected chi connectivity index (χ3v) is 6.33. The van der Waals surface area contributed by atoms with E-state index in [0.717, 1.165) is 12.0 Å². The van der Waals surface area contributed by atoms with Gasteiger partial charge in [0.1, 0.15) is 6.04 Å². The molecule has 6 heteroatoms. The lowest BCUT2D eigenvalue weighted by Crippen LogP contribution is -2.46. The van der Waals surface area contributed by atoms with E-state index in [-0.39, 0.29) is 10.8 Å². The molecule has 0 spiro atoms. The molecule has 0 unspecified atom stereocenters. The normalized spacial score (nSPS) is 18.2. The molecule has 0 radical (unpaired) electrons. The van der Waals surface area contributed by atoms with E-state index >= 15 is 0 Å². The summed E-state index contributed by atoms with van der Waals surface area (Å²) in [6, 6.07) is 17.6. The molecule has 1 aliphatic heterocycles. The summed E-state index contributed by atoms with van der Waals surface area (Å²) in [6.45, 7) is 0.882. The fourth-order valence-corrected chi connectivity index (χ4v) is 4.79. The number of nitrogens with zero attached hydrogens (tertiary/aromatic N) is 1. The Balaban J connectivity index is 1.64. The van der Waals surface area contributed by atoms with Crippen molar-refractivity contribution in [1.82, 2.24) is 9.62 Å². The van der Waals surface area contributed by atoms with Crippen LogP contribution < -0.4 is 5.32 Å². The lowest BCUT2D eigenvalue weighted by atomic mass is 10.1. The maximum Gasteiger partial charge on any atom is 0.243 e. The van der Waals surface area contributed by atoms with Crippen molar-refractivity contribution in [3.8, 4) is 0 Å². The molecular weight excluding hydrogens is 336 g/mol. The molecule has 25 heavy (non-hydrogen) atoms. The van der Waals surface area contributed by atoms with Crippen LogP contribution in [0.15, 0.2) is 65.6 Å². The molecular formula is C19H22N2O3S. The van der Waals surface area contributed by atoms with Crippen molar-refractivity contribution >= 4 is 15.9 Å². The van der Waals surface area contributed by atoms with Crippen LogP contribution in [0.3, 0.4) is 0 Å². The Morgan fingerprint density at radius 1 is 1.04 bits per heavy atom. The Kier molecular flexibility index (Phi) is 5.50. The van der Waals surface area contributed by atoms with E-state index < -0.39 is 16.1 Å². The van der Waals surface area contributed by atoms with Crippen LogP contribution in [-0.2, 0) is 21.2 Å². The maximum absolute atomic E-state index is 12.8. The molecule has 3 rings (SSSR count). The Morgan fingerprint density at radius 2 is 1.68 bits per heavy atom. The van der Waals surface area contributed by atoms with E-state index in [1.54, 1.807) is 30.3 Å². The first-order valence-electron chi connectivity index (χ1n) is 8.47. The summed E-state index contributed by atoms with van der Waals surface area (Å²) in [6.07, 6.45) is 1.98. The molecule has 0 aliphatic carbocycles. The average molecular weight is 358 g/mol. The third kappa shape index (κ3) is 4.08. The summed E-state index contributed by atoms with van der Waals surface area (Å²) >= 11 is 0. The van der Waals surface area contributed by atoms with Gasteiger partial charge in [-0.3, -0.25) is 4.79 Å². The molecule has 2 aromatic carbocycles. The molecule has 0 aromatic heterocycles. The third-order valence-electron chi connectivity index (χ3n) is 4.41. The van der Waals surface area contributed by atoms with Gasteiger partial charge in [0.05, 0.1) is 4.90 Å². The predicted octanol–water partition coefficient (Wildman–Crippen LogP) is 2.20. The van der Waals surface area contributed by atoms with Gasteiger partial charge in [0.15, 0.2) is 0 Å². The second kappa shape index (κ2) is 7.80. The van der Waals surface area contributed by atoms with Crippen LogP contribution in [0.25, 0.3) is 0 Å². The monoisotopic (exact) mass is 358 g/mol. The van der Waals surface area contributed by atoms with Gasteiger partial charge in [-0.2, -0.15) is 4.31 Å². The van der Waals surface area contributed by atoms with Gasteiger partial charge in [0.25, 0.3) is 0 Å². The quantitative estimate of drug-likeness (QED) is 0.861. The standard InChI is InChI=1S/C19H22N2O3S/c22-19(20-14-13-16-8-3-1-4-9-16)18-12-7-15-21(18)25(23,24)17-10-5-2-6-11-17/h1-6,8-11,18H,7,12-15H2,(H,20,22)/t18-/m0/s1.